The molecule has 3 aromatic carbocycles. The summed E-state index contributed by atoms with van der Waals surface area (Å²) in [6, 6.07) is 22.2. The summed E-state index contributed by atoms with van der Waals surface area (Å²) in [5.74, 6) is 1.17. The predicted molar refractivity (Wildman–Crippen MR) is 133 cm³/mol. The monoisotopic (exact) mass is 462 g/mol. The summed E-state index contributed by atoms with van der Waals surface area (Å²) in [4.78, 5) is 27.8. The van der Waals surface area contributed by atoms with Crippen LogP contribution >= 0.6 is 11.6 Å². The normalized spacial score (nSPS) is 12.4. The summed E-state index contributed by atoms with van der Waals surface area (Å²) in [6.45, 7) is 0.670. The van der Waals surface area contributed by atoms with Gasteiger partial charge in [-0.25, -0.2) is 0 Å². The van der Waals surface area contributed by atoms with Crippen molar-refractivity contribution in [1.29, 1.82) is 0 Å². The minimum Gasteiger partial charge on any atom is -0.494 e. The standard InChI is InChI=1S/C27H27ClN2O3/c28-17-7-1-2-8-18-33-21-15-13-20(14-16-21)19-26(31)30-24-11-5-3-9-22(24)27(32)29-23-10-4-6-12-25(23)30/h3-6,9-16H,1-2,7-8,17-19H2,(H,29,32). The molecule has 0 aromatic heterocycles. The van der Waals surface area contributed by atoms with Crippen molar-refractivity contribution in [3.05, 3.63) is 83.9 Å². The van der Waals surface area contributed by atoms with Crippen LogP contribution in [0.4, 0.5) is 17.1 Å². The van der Waals surface area contributed by atoms with E-state index in [4.69, 9.17) is 16.3 Å². The second kappa shape index (κ2) is 11.0. The second-order valence-corrected chi connectivity index (χ2v) is 8.37. The number of carbonyl (C=O) groups excluding carboxylic acids is 2. The van der Waals surface area contributed by atoms with Crippen LogP contribution in [0.15, 0.2) is 72.8 Å². The van der Waals surface area contributed by atoms with E-state index in [9.17, 15) is 9.59 Å². The van der Waals surface area contributed by atoms with E-state index in [0.717, 1.165) is 37.0 Å². The van der Waals surface area contributed by atoms with Gasteiger partial charge < -0.3 is 10.1 Å². The molecule has 0 aliphatic carbocycles. The van der Waals surface area contributed by atoms with E-state index in [-0.39, 0.29) is 18.2 Å². The first-order valence-corrected chi connectivity index (χ1v) is 11.8. The highest BCUT2D eigenvalue weighted by Gasteiger charge is 2.28. The second-order valence-electron chi connectivity index (χ2n) is 7.99. The molecule has 3 aromatic rings. The molecule has 1 aliphatic heterocycles. The van der Waals surface area contributed by atoms with Crippen LogP contribution in [-0.2, 0) is 11.2 Å². The zero-order valence-corrected chi connectivity index (χ0v) is 19.2. The predicted octanol–water partition coefficient (Wildman–Crippen LogP) is 6.34. The molecule has 0 saturated heterocycles. The smallest absolute Gasteiger partial charge is 0.257 e. The Morgan fingerprint density at radius 1 is 0.848 bits per heavy atom. The number of halogens is 1. The fraction of sp³-hybridized carbons (Fsp3) is 0.259. The maximum atomic E-state index is 13.5. The van der Waals surface area contributed by atoms with Crippen molar-refractivity contribution in [1.82, 2.24) is 0 Å². The number of fused-ring (bicyclic) bond motifs is 2. The van der Waals surface area contributed by atoms with Crippen molar-refractivity contribution in [3.8, 4) is 5.75 Å². The molecular weight excluding hydrogens is 436 g/mol. The molecule has 170 valence electrons. The lowest BCUT2D eigenvalue weighted by Crippen LogP contribution is -2.28. The number of nitrogens with one attached hydrogen (secondary N) is 1. The van der Waals surface area contributed by atoms with Crippen molar-refractivity contribution >= 4 is 40.5 Å². The zero-order chi connectivity index (χ0) is 23.0. The molecule has 0 saturated carbocycles. The fourth-order valence-electron chi connectivity index (χ4n) is 3.92. The quantitative estimate of drug-likeness (QED) is 0.298. The third-order valence-electron chi connectivity index (χ3n) is 5.61. The Morgan fingerprint density at radius 3 is 2.33 bits per heavy atom. The summed E-state index contributed by atoms with van der Waals surface area (Å²) in [5.41, 5.74) is 3.21. The van der Waals surface area contributed by atoms with Gasteiger partial charge in [0.25, 0.3) is 5.91 Å². The number of benzene rings is 3. The van der Waals surface area contributed by atoms with Crippen molar-refractivity contribution < 1.29 is 14.3 Å². The van der Waals surface area contributed by atoms with Crippen LogP contribution in [0.25, 0.3) is 0 Å². The number of unbranched alkanes of at least 4 members (excludes halogenated alkanes) is 3. The average Bonchev–Trinajstić information content (AvgIpc) is 2.96. The first-order chi connectivity index (χ1) is 16.2. The topological polar surface area (TPSA) is 58.6 Å². The Morgan fingerprint density at radius 2 is 1.55 bits per heavy atom. The molecule has 6 heteroatoms. The van der Waals surface area contributed by atoms with E-state index in [0.29, 0.717) is 35.1 Å². The van der Waals surface area contributed by atoms with Crippen molar-refractivity contribution in [2.75, 3.05) is 22.7 Å². The largest absolute Gasteiger partial charge is 0.494 e. The van der Waals surface area contributed by atoms with Crippen LogP contribution < -0.4 is 15.0 Å². The number of hydrogen-bond donors (Lipinski definition) is 1. The van der Waals surface area contributed by atoms with E-state index < -0.39 is 0 Å². The fourth-order valence-corrected chi connectivity index (χ4v) is 4.11. The number of nitrogens with zero attached hydrogens (tertiary/aromatic N) is 1. The third kappa shape index (κ3) is 5.55. The third-order valence-corrected chi connectivity index (χ3v) is 5.87. The van der Waals surface area contributed by atoms with Gasteiger partial charge in [-0.05, 0) is 54.8 Å². The van der Waals surface area contributed by atoms with Crippen LogP contribution in [0.2, 0.25) is 0 Å². The van der Waals surface area contributed by atoms with Gasteiger partial charge >= 0.3 is 0 Å². The van der Waals surface area contributed by atoms with Gasteiger partial charge in [-0.15, -0.1) is 11.6 Å². The molecule has 0 radical (unpaired) electrons. The van der Waals surface area contributed by atoms with Gasteiger partial charge in [0.05, 0.1) is 35.7 Å². The van der Waals surface area contributed by atoms with Crippen molar-refractivity contribution in [2.45, 2.75) is 32.1 Å². The Hall–Kier alpha value is -3.31. The number of para-hydroxylation sites is 3. The van der Waals surface area contributed by atoms with Gasteiger partial charge in [-0.1, -0.05) is 49.2 Å². The van der Waals surface area contributed by atoms with Crippen LogP contribution in [0.3, 0.4) is 0 Å². The Bertz CT molecular complexity index is 1110. The number of alkyl halides is 1. The molecule has 1 aliphatic rings. The molecular formula is C27H27ClN2O3. The lowest BCUT2D eigenvalue weighted by atomic mass is 10.1. The maximum absolute atomic E-state index is 13.5. The van der Waals surface area contributed by atoms with Gasteiger partial charge in [0, 0.05) is 5.88 Å². The van der Waals surface area contributed by atoms with E-state index in [2.05, 4.69) is 5.32 Å². The highest BCUT2D eigenvalue weighted by Crippen LogP contribution is 2.38. The summed E-state index contributed by atoms with van der Waals surface area (Å²) in [6.07, 6.45) is 4.47. The molecule has 0 atom stereocenters. The van der Waals surface area contributed by atoms with Gasteiger partial charge in [0.15, 0.2) is 0 Å². The minimum atomic E-state index is -0.225. The Balaban J connectivity index is 1.47. The van der Waals surface area contributed by atoms with Gasteiger partial charge in [-0.2, -0.15) is 0 Å². The van der Waals surface area contributed by atoms with Gasteiger partial charge in [0.2, 0.25) is 5.91 Å². The summed E-state index contributed by atoms with van der Waals surface area (Å²) < 4.78 is 5.81. The molecule has 0 fully saturated rings. The average molecular weight is 463 g/mol. The minimum absolute atomic E-state index is 0.112. The van der Waals surface area contributed by atoms with E-state index in [1.807, 2.05) is 48.5 Å². The Labute approximate surface area is 199 Å². The maximum Gasteiger partial charge on any atom is 0.257 e. The molecule has 1 N–H and O–H groups in total. The highest BCUT2D eigenvalue weighted by atomic mass is 35.5. The summed E-state index contributed by atoms with van der Waals surface area (Å²) >= 11 is 5.70. The number of rotatable bonds is 9. The van der Waals surface area contributed by atoms with Crippen LogP contribution in [0.1, 0.15) is 41.6 Å². The van der Waals surface area contributed by atoms with Gasteiger partial charge in [0.1, 0.15) is 5.75 Å². The summed E-state index contributed by atoms with van der Waals surface area (Å²) in [7, 11) is 0. The molecule has 0 bridgehead atoms. The molecule has 5 nitrogen and oxygen atoms in total. The number of carbonyl (C=O) groups is 2. The molecule has 33 heavy (non-hydrogen) atoms. The van der Waals surface area contributed by atoms with Gasteiger partial charge in [-0.3, -0.25) is 14.5 Å². The SMILES string of the molecule is O=C1Nc2ccccc2N(C(=O)Cc2ccc(OCCCCCCCl)cc2)c2ccccc21. The van der Waals surface area contributed by atoms with Crippen molar-refractivity contribution in [3.63, 3.8) is 0 Å². The number of amides is 2. The first kappa shape index (κ1) is 22.9. The van der Waals surface area contributed by atoms with Crippen LogP contribution in [-0.4, -0.2) is 24.3 Å². The highest BCUT2D eigenvalue weighted by molar-refractivity contribution is 6.18. The first-order valence-electron chi connectivity index (χ1n) is 11.3. The van der Waals surface area contributed by atoms with E-state index in [1.54, 1.807) is 29.2 Å². The number of hydrogen-bond acceptors (Lipinski definition) is 3. The molecule has 4 rings (SSSR count). The van der Waals surface area contributed by atoms with Crippen molar-refractivity contribution in [2.24, 2.45) is 0 Å². The lowest BCUT2D eigenvalue weighted by Gasteiger charge is -2.24. The van der Waals surface area contributed by atoms with E-state index >= 15 is 0 Å². The summed E-state index contributed by atoms with van der Waals surface area (Å²) in [5, 5.41) is 2.91. The lowest BCUT2D eigenvalue weighted by molar-refractivity contribution is -0.117. The molecule has 0 unspecified atom stereocenters. The zero-order valence-electron chi connectivity index (χ0n) is 18.4. The molecule has 2 amide bonds. The molecule has 1 heterocycles. The van der Waals surface area contributed by atoms with Crippen LogP contribution in [0.5, 0.6) is 5.75 Å². The number of anilines is 3. The van der Waals surface area contributed by atoms with Crippen LogP contribution in [0, 0.1) is 0 Å². The Kier molecular flexibility index (Phi) is 7.63. The van der Waals surface area contributed by atoms with E-state index in [1.165, 1.54) is 0 Å². The molecule has 0 spiro atoms. The number of ether oxygens (including phenoxy) is 1.